The van der Waals surface area contributed by atoms with Gasteiger partial charge in [0.25, 0.3) is 5.91 Å². The number of nitrogens with one attached hydrogen (secondary N) is 1. The predicted molar refractivity (Wildman–Crippen MR) is 102 cm³/mol. The molecule has 4 rings (SSSR count). The van der Waals surface area contributed by atoms with Gasteiger partial charge in [0.1, 0.15) is 5.69 Å². The second-order valence-corrected chi connectivity index (χ2v) is 6.55. The van der Waals surface area contributed by atoms with Crippen LogP contribution in [0.15, 0.2) is 48.8 Å². The van der Waals surface area contributed by atoms with Crippen LogP contribution < -0.4 is 10.2 Å². The quantitative estimate of drug-likeness (QED) is 0.723. The molecule has 2 aromatic heterocycles. The topological polar surface area (TPSA) is 67.4 Å². The van der Waals surface area contributed by atoms with Crippen LogP contribution in [-0.4, -0.2) is 42.2 Å². The summed E-state index contributed by atoms with van der Waals surface area (Å²) in [6, 6.07) is 9.08. The average molecular weight is 402 g/mol. The van der Waals surface area contributed by atoms with Gasteiger partial charge in [-0.25, -0.2) is 4.98 Å². The second kappa shape index (κ2) is 7.67. The Balaban J connectivity index is 1.55. The number of fused-ring (bicyclic) bond motifs is 1. The highest BCUT2D eigenvalue weighted by molar-refractivity contribution is 6.07. The minimum atomic E-state index is -4.52. The molecule has 29 heavy (non-hydrogen) atoms. The van der Waals surface area contributed by atoms with Crippen molar-refractivity contribution in [3.8, 4) is 0 Å². The summed E-state index contributed by atoms with van der Waals surface area (Å²) in [7, 11) is 0. The summed E-state index contributed by atoms with van der Waals surface area (Å²) in [4.78, 5) is 22.4. The highest BCUT2D eigenvalue weighted by Crippen LogP contribution is 2.29. The molecule has 1 aromatic carbocycles. The first-order valence-corrected chi connectivity index (χ1v) is 8.98. The second-order valence-electron chi connectivity index (χ2n) is 6.55. The van der Waals surface area contributed by atoms with E-state index in [0.717, 1.165) is 36.4 Å². The predicted octanol–water partition coefficient (Wildman–Crippen LogP) is 3.74. The van der Waals surface area contributed by atoms with Crippen LogP contribution in [0, 0.1) is 0 Å². The highest BCUT2D eigenvalue weighted by atomic mass is 19.4. The summed E-state index contributed by atoms with van der Waals surface area (Å²) in [6.45, 7) is 2.88. The van der Waals surface area contributed by atoms with Crippen molar-refractivity contribution in [2.24, 2.45) is 0 Å². The van der Waals surface area contributed by atoms with Crippen molar-refractivity contribution in [2.75, 3.05) is 36.5 Å². The standard InChI is InChI=1S/C20H17F3N4O2/c21-20(22,23)18-4-2-14(12-25-18)26-19(28)13-1-3-15-16(11-13)24-6-5-17(15)27-7-9-29-10-8-27/h1-6,11-12H,7-10H2,(H,26,28). The summed E-state index contributed by atoms with van der Waals surface area (Å²) < 4.78 is 43.2. The van der Waals surface area contributed by atoms with Crippen molar-refractivity contribution in [1.29, 1.82) is 0 Å². The number of carbonyl (C=O) groups is 1. The fourth-order valence-corrected chi connectivity index (χ4v) is 3.19. The molecule has 3 aromatic rings. The molecular weight excluding hydrogens is 385 g/mol. The van der Waals surface area contributed by atoms with Crippen molar-refractivity contribution in [1.82, 2.24) is 9.97 Å². The number of hydrogen-bond acceptors (Lipinski definition) is 5. The first kappa shape index (κ1) is 19.1. The Labute approximate surface area is 164 Å². The summed E-state index contributed by atoms with van der Waals surface area (Å²) in [6.07, 6.45) is -1.85. The number of ether oxygens (including phenoxy) is 1. The zero-order valence-corrected chi connectivity index (χ0v) is 15.2. The fourth-order valence-electron chi connectivity index (χ4n) is 3.19. The fraction of sp³-hybridized carbons (Fsp3) is 0.250. The number of benzene rings is 1. The Morgan fingerprint density at radius 1 is 1.07 bits per heavy atom. The van der Waals surface area contributed by atoms with Crippen LogP contribution in [-0.2, 0) is 10.9 Å². The smallest absolute Gasteiger partial charge is 0.378 e. The molecule has 0 bridgehead atoms. The highest BCUT2D eigenvalue weighted by Gasteiger charge is 2.32. The van der Waals surface area contributed by atoms with Crippen molar-refractivity contribution >= 4 is 28.2 Å². The van der Waals surface area contributed by atoms with Gasteiger partial charge in [0.05, 0.1) is 30.6 Å². The maximum Gasteiger partial charge on any atom is 0.433 e. The molecule has 1 aliphatic heterocycles. The van der Waals surface area contributed by atoms with Gasteiger partial charge in [-0.1, -0.05) is 0 Å². The lowest BCUT2D eigenvalue weighted by molar-refractivity contribution is -0.141. The number of aromatic nitrogens is 2. The summed E-state index contributed by atoms with van der Waals surface area (Å²) in [5.41, 5.74) is 1.20. The molecule has 6 nitrogen and oxygen atoms in total. The molecule has 0 radical (unpaired) electrons. The lowest BCUT2D eigenvalue weighted by atomic mass is 10.1. The third kappa shape index (κ3) is 4.14. The number of amides is 1. The van der Waals surface area contributed by atoms with Gasteiger partial charge in [-0.3, -0.25) is 9.78 Å². The minimum Gasteiger partial charge on any atom is -0.378 e. The van der Waals surface area contributed by atoms with Gasteiger partial charge >= 0.3 is 6.18 Å². The molecule has 9 heteroatoms. The molecule has 0 saturated carbocycles. The van der Waals surface area contributed by atoms with E-state index in [9.17, 15) is 18.0 Å². The van der Waals surface area contributed by atoms with Crippen molar-refractivity contribution in [3.05, 3.63) is 60.0 Å². The molecule has 1 N–H and O–H groups in total. The number of morpholine rings is 1. The van der Waals surface area contributed by atoms with Crippen LogP contribution in [0.1, 0.15) is 16.1 Å². The van der Waals surface area contributed by atoms with Crippen LogP contribution in [0.4, 0.5) is 24.5 Å². The van der Waals surface area contributed by atoms with Gasteiger partial charge in [0, 0.05) is 35.9 Å². The first-order valence-electron chi connectivity index (χ1n) is 8.98. The molecule has 0 unspecified atom stereocenters. The Morgan fingerprint density at radius 3 is 2.55 bits per heavy atom. The molecule has 1 amide bonds. The van der Waals surface area contributed by atoms with E-state index >= 15 is 0 Å². The Bertz CT molecular complexity index is 1030. The third-order valence-electron chi connectivity index (χ3n) is 4.65. The van der Waals surface area contributed by atoms with E-state index in [-0.39, 0.29) is 5.69 Å². The number of alkyl halides is 3. The van der Waals surface area contributed by atoms with Gasteiger partial charge in [-0.05, 0) is 36.4 Å². The molecule has 150 valence electrons. The number of pyridine rings is 2. The SMILES string of the molecule is O=C(Nc1ccc(C(F)(F)F)nc1)c1ccc2c(N3CCOCC3)ccnc2c1. The van der Waals surface area contributed by atoms with Gasteiger partial charge in [-0.15, -0.1) is 0 Å². The van der Waals surface area contributed by atoms with Crippen LogP contribution in [0.2, 0.25) is 0 Å². The maximum atomic E-state index is 12.6. The van der Waals surface area contributed by atoms with Gasteiger partial charge in [0.15, 0.2) is 0 Å². The number of halogens is 3. The monoisotopic (exact) mass is 402 g/mol. The Hall–Kier alpha value is -3.20. The van der Waals surface area contributed by atoms with Crippen LogP contribution >= 0.6 is 0 Å². The molecule has 3 heterocycles. The van der Waals surface area contributed by atoms with Crippen LogP contribution in [0.5, 0.6) is 0 Å². The molecule has 1 saturated heterocycles. The van der Waals surface area contributed by atoms with E-state index in [2.05, 4.69) is 20.2 Å². The van der Waals surface area contributed by atoms with E-state index in [1.807, 2.05) is 12.1 Å². The first-order chi connectivity index (χ1) is 13.9. The lowest BCUT2D eigenvalue weighted by Gasteiger charge is -2.29. The maximum absolute atomic E-state index is 12.6. The molecule has 1 aliphatic rings. The zero-order valence-electron chi connectivity index (χ0n) is 15.2. The Morgan fingerprint density at radius 2 is 1.86 bits per heavy atom. The van der Waals surface area contributed by atoms with Crippen molar-refractivity contribution in [3.63, 3.8) is 0 Å². The van der Waals surface area contributed by atoms with Crippen molar-refractivity contribution in [2.45, 2.75) is 6.18 Å². The third-order valence-corrected chi connectivity index (χ3v) is 4.65. The van der Waals surface area contributed by atoms with Crippen LogP contribution in [0.25, 0.3) is 10.9 Å². The number of hydrogen-bond donors (Lipinski definition) is 1. The molecule has 0 spiro atoms. The summed E-state index contributed by atoms with van der Waals surface area (Å²) >= 11 is 0. The number of nitrogens with zero attached hydrogens (tertiary/aromatic N) is 3. The zero-order chi connectivity index (χ0) is 20.4. The normalized spacial score (nSPS) is 14.8. The van der Waals surface area contributed by atoms with Gasteiger partial charge in [-0.2, -0.15) is 13.2 Å². The Kier molecular flexibility index (Phi) is 5.06. The largest absolute Gasteiger partial charge is 0.433 e. The van der Waals surface area contributed by atoms with Gasteiger partial charge < -0.3 is 15.0 Å². The lowest BCUT2D eigenvalue weighted by Crippen LogP contribution is -2.36. The van der Waals surface area contributed by atoms with Crippen molar-refractivity contribution < 1.29 is 22.7 Å². The summed E-state index contributed by atoms with van der Waals surface area (Å²) in [5.74, 6) is -0.452. The van der Waals surface area contributed by atoms with E-state index in [0.29, 0.717) is 24.3 Å². The number of anilines is 2. The van der Waals surface area contributed by atoms with Crippen LogP contribution in [0.3, 0.4) is 0 Å². The van der Waals surface area contributed by atoms with Gasteiger partial charge in [0.2, 0.25) is 0 Å². The molecular formula is C20H17F3N4O2. The molecule has 0 atom stereocenters. The van der Waals surface area contributed by atoms with E-state index < -0.39 is 17.8 Å². The molecule has 1 fully saturated rings. The number of rotatable bonds is 3. The van der Waals surface area contributed by atoms with E-state index in [1.165, 1.54) is 6.07 Å². The summed E-state index contributed by atoms with van der Waals surface area (Å²) in [5, 5.41) is 3.47. The molecule has 0 aliphatic carbocycles. The minimum absolute atomic E-state index is 0.179. The average Bonchev–Trinajstić information content (AvgIpc) is 2.73. The number of carbonyl (C=O) groups excluding carboxylic acids is 1. The van der Waals surface area contributed by atoms with E-state index in [4.69, 9.17) is 4.74 Å². The van der Waals surface area contributed by atoms with E-state index in [1.54, 1.807) is 18.3 Å².